The zero-order valence-corrected chi connectivity index (χ0v) is 12.6. The average molecular weight is 310 g/mol. The number of benzene rings is 1. The predicted molar refractivity (Wildman–Crippen MR) is 82.4 cm³/mol. The molecule has 1 aliphatic rings. The number of hydrogen-bond acceptors (Lipinski definition) is 3. The van der Waals surface area contributed by atoms with E-state index in [0.717, 1.165) is 17.1 Å². The summed E-state index contributed by atoms with van der Waals surface area (Å²) in [7, 11) is 0. The summed E-state index contributed by atoms with van der Waals surface area (Å²) < 4.78 is 20.4. The molecule has 23 heavy (non-hydrogen) atoms. The van der Waals surface area contributed by atoms with Gasteiger partial charge in [0.05, 0.1) is 28.9 Å². The molecule has 2 aromatic heterocycles. The minimum absolute atomic E-state index is 0.0142. The van der Waals surface area contributed by atoms with Crippen LogP contribution in [-0.4, -0.2) is 15.6 Å². The van der Waals surface area contributed by atoms with Gasteiger partial charge in [-0.3, -0.25) is 4.79 Å². The molecule has 3 aromatic rings. The highest BCUT2D eigenvalue weighted by Gasteiger charge is 2.33. The van der Waals surface area contributed by atoms with Crippen molar-refractivity contribution in [1.82, 2.24) is 9.78 Å². The Bertz CT molecular complexity index is 863. The molecule has 1 atom stereocenters. The van der Waals surface area contributed by atoms with Gasteiger partial charge in [0.25, 0.3) is 0 Å². The van der Waals surface area contributed by atoms with E-state index in [9.17, 15) is 9.18 Å². The van der Waals surface area contributed by atoms with E-state index in [-0.39, 0.29) is 17.5 Å². The summed E-state index contributed by atoms with van der Waals surface area (Å²) in [6.45, 7) is 1.84. The van der Waals surface area contributed by atoms with E-state index in [1.54, 1.807) is 23.1 Å². The Kier molecular flexibility index (Phi) is 3.15. The third-order valence-corrected chi connectivity index (χ3v) is 4.32. The van der Waals surface area contributed by atoms with E-state index in [2.05, 4.69) is 5.10 Å². The molecule has 0 saturated heterocycles. The highest BCUT2D eigenvalue weighted by atomic mass is 19.1. The van der Waals surface area contributed by atoms with E-state index < -0.39 is 0 Å². The van der Waals surface area contributed by atoms with Crippen LogP contribution in [0.15, 0.2) is 47.1 Å². The van der Waals surface area contributed by atoms with Crippen molar-refractivity contribution in [2.75, 3.05) is 0 Å². The van der Waals surface area contributed by atoms with E-state index in [1.165, 1.54) is 12.1 Å². The molecular weight excluding hydrogens is 295 g/mol. The maximum absolute atomic E-state index is 13.2. The average Bonchev–Trinajstić information content (AvgIpc) is 3.16. The second kappa shape index (κ2) is 5.19. The zero-order chi connectivity index (χ0) is 16.0. The van der Waals surface area contributed by atoms with Crippen LogP contribution < -0.4 is 0 Å². The lowest BCUT2D eigenvalue weighted by Gasteiger charge is -2.21. The first-order chi connectivity index (χ1) is 11.1. The maximum atomic E-state index is 13.2. The topological polar surface area (TPSA) is 48.0 Å². The number of carbonyl (C=O) groups excluding carboxylic acids is 1. The molecule has 5 heteroatoms. The Balaban J connectivity index is 1.81. The summed E-state index contributed by atoms with van der Waals surface area (Å²) in [5, 5.41) is 4.50. The van der Waals surface area contributed by atoms with Gasteiger partial charge in [-0.15, -0.1) is 0 Å². The highest BCUT2D eigenvalue weighted by Crippen LogP contribution is 2.35. The lowest BCUT2D eigenvalue weighted by Crippen LogP contribution is -2.20. The van der Waals surface area contributed by atoms with E-state index in [0.29, 0.717) is 24.1 Å². The number of carbonyl (C=O) groups is 1. The van der Waals surface area contributed by atoms with Crippen LogP contribution in [0.25, 0.3) is 5.69 Å². The minimum Gasteiger partial charge on any atom is -0.469 e. The van der Waals surface area contributed by atoms with Gasteiger partial charge in [0.1, 0.15) is 11.6 Å². The van der Waals surface area contributed by atoms with Gasteiger partial charge in [-0.1, -0.05) is 0 Å². The number of hydrogen-bond donors (Lipinski definition) is 0. The van der Waals surface area contributed by atoms with Crippen molar-refractivity contribution < 1.29 is 13.6 Å². The van der Waals surface area contributed by atoms with Crippen LogP contribution in [0.5, 0.6) is 0 Å². The summed E-state index contributed by atoms with van der Waals surface area (Å²) in [6.07, 6.45) is 2.72. The molecule has 4 rings (SSSR count). The molecule has 0 amide bonds. The third kappa shape index (κ3) is 2.29. The number of aromatic nitrogens is 2. The minimum atomic E-state index is -0.295. The fourth-order valence-electron chi connectivity index (χ4n) is 3.28. The van der Waals surface area contributed by atoms with E-state index in [4.69, 9.17) is 4.42 Å². The van der Waals surface area contributed by atoms with Crippen LogP contribution in [0.2, 0.25) is 0 Å². The van der Waals surface area contributed by atoms with Gasteiger partial charge in [-0.25, -0.2) is 9.07 Å². The molecule has 1 aliphatic carbocycles. The Labute approximate surface area is 132 Å². The molecule has 0 spiro atoms. The van der Waals surface area contributed by atoms with Crippen LogP contribution in [-0.2, 0) is 6.42 Å². The van der Waals surface area contributed by atoms with Crippen molar-refractivity contribution in [3.8, 4) is 5.69 Å². The smallest absolute Gasteiger partial charge is 0.167 e. The highest BCUT2D eigenvalue weighted by molar-refractivity contribution is 6.00. The first kappa shape index (κ1) is 13.9. The number of rotatable bonds is 2. The SMILES string of the molecule is Cc1nn(-c2ccc(F)cc2)c2c1C(=O)C[C@H](c1ccco1)C2. The predicted octanol–water partition coefficient (Wildman–Crippen LogP) is 3.83. The van der Waals surface area contributed by atoms with Gasteiger partial charge in [0.2, 0.25) is 0 Å². The Morgan fingerprint density at radius 3 is 2.70 bits per heavy atom. The summed E-state index contributed by atoms with van der Waals surface area (Å²) >= 11 is 0. The Morgan fingerprint density at radius 1 is 1.22 bits per heavy atom. The zero-order valence-electron chi connectivity index (χ0n) is 12.6. The van der Waals surface area contributed by atoms with Gasteiger partial charge in [0, 0.05) is 18.8 Å². The second-order valence-electron chi connectivity index (χ2n) is 5.84. The largest absolute Gasteiger partial charge is 0.469 e. The number of fused-ring (bicyclic) bond motifs is 1. The standard InChI is InChI=1S/C18H15FN2O2/c1-11-18-15(21(20-11)14-6-4-13(19)5-7-14)9-12(10-16(18)22)17-3-2-8-23-17/h2-8,12H,9-10H2,1H3/t12-/m1/s1. The molecule has 0 fully saturated rings. The molecule has 2 heterocycles. The van der Waals surface area contributed by atoms with Crippen molar-refractivity contribution in [2.24, 2.45) is 0 Å². The van der Waals surface area contributed by atoms with Crippen molar-refractivity contribution >= 4 is 5.78 Å². The quantitative estimate of drug-likeness (QED) is 0.723. The fraction of sp³-hybridized carbons (Fsp3) is 0.222. The number of furan rings is 1. The number of ketones is 1. The number of aryl methyl sites for hydroxylation is 1. The van der Waals surface area contributed by atoms with Crippen LogP contribution in [0.4, 0.5) is 4.39 Å². The molecule has 0 aliphatic heterocycles. The number of Topliss-reactive ketones (excluding diaryl/α,β-unsaturated/α-hetero) is 1. The van der Waals surface area contributed by atoms with Crippen LogP contribution >= 0.6 is 0 Å². The molecule has 4 nitrogen and oxygen atoms in total. The van der Waals surface area contributed by atoms with Crippen molar-refractivity contribution in [2.45, 2.75) is 25.7 Å². The summed E-state index contributed by atoms with van der Waals surface area (Å²) in [6, 6.07) is 9.86. The molecule has 0 N–H and O–H groups in total. The first-order valence-corrected chi connectivity index (χ1v) is 7.54. The van der Waals surface area contributed by atoms with Crippen molar-refractivity contribution in [3.63, 3.8) is 0 Å². The first-order valence-electron chi connectivity index (χ1n) is 7.54. The van der Waals surface area contributed by atoms with Crippen LogP contribution in [0.3, 0.4) is 0 Å². The van der Waals surface area contributed by atoms with Gasteiger partial charge in [-0.05, 0) is 43.3 Å². The molecular formula is C18H15FN2O2. The van der Waals surface area contributed by atoms with Gasteiger partial charge >= 0.3 is 0 Å². The molecule has 116 valence electrons. The monoisotopic (exact) mass is 310 g/mol. The fourth-order valence-corrected chi connectivity index (χ4v) is 3.28. The normalized spacial score (nSPS) is 17.3. The van der Waals surface area contributed by atoms with Gasteiger partial charge < -0.3 is 4.42 Å². The number of halogens is 1. The van der Waals surface area contributed by atoms with E-state index in [1.807, 2.05) is 19.1 Å². The maximum Gasteiger partial charge on any atom is 0.167 e. The van der Waals surface area contributed by atoms with E-state index >= 15 is 0 Å². The lowest BCUT2D eigenvalue weighted by molar-refractivity contribution is 0.0959. The Hall–Kier alpha value is -2.69. The Morgan fingerprint density at radius 2 is 2.00 bits per heavy atom. The summed E-state index contributed by atoms with van der Waals surface area (Å²) in [4.78, 5) is 12.6. The van der Waals surface area contributed by atoms with Crippen molar-refractivity contribution in [1.29, 1.82) is 0 Å². The van der Waals surface area contributed by atoms with Crippen LogP contribution in [0, 0.1) is 12.7 Å². The number of nitrogens with zero attached hydrogens (tertiary/aromatic N) is 2. The molecule has 1 aromatic carbocycles. The van der Waals surface area contributed by atoms with Gasteiger partial charge in [-0.2, -0.15) is 5.10 Å². The third-order valence-electron chi connectivity index (χ3n) is 4.32. The molecule has 0 radical (unpaired) electrons. The van der Waals surface area contributed by atoms with Gasteiger partial charge in [0.15, 0.2) is 5.78 Å². The molecule has 0 unspecified atom stereocenters. The summed E-state index contributed by atoms with van der Waals surface area (Å²) in [5.74, 6) is 0.614. The molecule has 0 saturated carbocycles. The molecule has 0 bridgehead atoms. The lowest BCUT2D eigenvalue weighted by atomic mass is 9.84. The van der Waals surface area contributed by atoms with Crippen LogP contribution in [0.1, 0.15) is 39.8 Å². The van der Waals surface area contributed by atoms with Crippen molar-refractivity contribution in [3.05, 3.63) is 71.2 Å². The summed E-state index contributed by atoms with van der Waals surface area (Å²) in [5.41, 5.74) is 3.03. The second-order valence-corrected chi connectivity index (χ2v) is 5.84.